The number of benzene rings is 2. The van der Waals surface area contributed by atoms with Crippen LogP contribution < -0.4 is 0 Å². The first-order valence-electron chi connectivity index (χ1n) is 7.44. The smallest absolute Gasteiger partial charge is 0.283 e. The molecular weight excluding hydrogens is 311 g/mol. The normalized spacial score (nSPS) is 11.9. The molecule has 0 aliphatic carbocycles. The van der Waals surface area contributed by atoms with Gasteiger partial charge in [0.2, 0.25) is 0 Å². The summed E-state index contributed by atoms with van der Waals surface area (Å²) in [6, 6.07) is 19.0. The van der Waals surface area contributed by atoms with Crippen LogP contribution in [0.4, 0.5) is 0 Å². The van der Waals surface area contributed by atoms with Gasteiger partial charge in [0.1, 0.15) is 0 Å². The molecule has 0 atom stereocenters. The lowest BCUT2D eigenvalue weighted by atomic mass is 10.2. The molecule has 0 bridgehead atoms. The molecule has 0 saturated carbocycles. The minimum atomic E-state index is -3.63. The van der Waals surface area contributed by atoms with Gasteiger partial charge in [0.15, 0.2) is 0 Å². The van der Waals surface area contributed by atoms with E-state index >= 15 is 0 Å². The zero-order valence-electron chi connectivity index (χ0n) is 13.1. The van der Waals surface area contributed by atoms with E-state index < -0.39 is 7.82 Å². The third-order valence-corrected chi connectivity index (χ3v) is 4.38. The SMILES string of the molecule is C/C=C\COP(=O)(OCc1ccccc1)OCc1ccccc1. The molecular formula is C18H21O4P. The predicted octanol–water partition coefficient (Wildman–Crippen LogP) is 5.12. The van der Waals surface area contributed by atoms with Crippen molar-refractivity contribution in [3.63, 3.8) is 0 Å². The van der Waals surface area contributed by atoms with Crippen molar-refractivity contribution in [3.8, 4) is 0 Å². The first kappa shape index (κ1) is 17.6. The Balaban J connectivity index is 1.97. The van der Waals surface area contributed by atoms with Crippen LogP contribution >= 0.6 is 7.82 Å². The van der Waals surface area contributed by atoms with Gasteiger partial charge in [-0.25, -0.2) is 4.57 Å². The van der Waals surface area contributed by atoms with Gasteiger partial charge in [-0.3, -0.25) is 13.6 Å². The lowest BCUT2D eigenvalue weighted by Gasteiger charge is -2.17. The fourth-order valence-corrected chi connectivity index (χ4v) is 2.90. The predicted molar refractivity (Wildman–Crippen MR) is 90.8 cm³/mol. The Bertz CT molecular complexity index is 593. The molecule has 2 rings (SSSR count). The van der Waals surface area contributed by atoms with Crippen LogP contribution in [0.15, 0.2) is 72.8 Å². The monoisotopic (exact) mass is 332 g/mol. The topological polar surface area (TPSA) is 44.8 Å². The van der Waals surface area contributed by atoms with Crippen molar-refractivity contribution in [1.29, 1.82) is 0 Å². The van der Waals surface area contributed by atoms with Crippen LogP contribution in [0.5, 0.6) is 0 Å². The molecule has 0 aliphatic rings. The molecule has 122 valence electrons. The van der Waals surface area contributed by atoms with Crippen molar-refractivity contribution in [2.24, 2.45) is 0 Å². The molecule has 0 radical (unpaired) electrons. The van der Waals surface area contributed by atoms with Crippen LogP contribution in [0, 0.1) is 0 Å². The van der Waals surface area contributed by atoms with E-state index in [0.29, 0.717) is 0 Å². The highest BCUT2D eigenvalue weighted by molar-refractivity contribution is 7.48. The summed E-state index contributed by atoms with van der Waals surface area (Å²) in [7, 11) is -3.63. The fourth-order valence-electron chi connectivity index (χ4n) is 1.80. The van der Waals surface area contributed by atoms with Crippen molar-refractivity contribution in [2.45, 2.75) is 20.1 Å². The lowest BCUT2D eigenvalue weighted by molar-refractivity contribution is 0.111. The minimum absolute atomic E-state index is 0.169. The third-order valence-electron chi connectivity index (χ3n) is 3.03. The van der Waals surface area contributed by atoms with E-state index in [1.165, 1.54) is 0 Å². The van der Waals surface area contributed by atoms with Gasteiger partial charge < -0.3 is 0 Å². The number of rotatable bonds is 9. The number of phosphoric ester groups is 1. The maximum atomic E-state index is 12.7. The molecule has 5 heteroatoms. The van der Waals surface area contributed by atoms with E-state index in [1.54, 1.807) is 6.08 Å². The zero-order chi connectivity index (χ0) is 16.4. The van der Waals surface area contributed by atoms with E-state index in [-0.39, 0.29) is 19.8 Å². The van der Waals surface area contributed by atoms with E-state index in [2.05, 4.69) is 0 Å². The Hall–Kier alpha value is -1.71. The Kier molecular flexibility index (Phi) is 7.24. The Labute approximate surface area is 137 Å². The van der Waals surface area contributed by atoms with Gasteiger partial charge in [0.25, 0.3) is 0 Å². The number of hydrogen-bond acceptors (Lipinski definition) is 4. The quantitative estimate of drug-likeness (QED) is 0.472. The molecule has 0 amide bonds. The molecule has 0 fully saturated rings. The second kappa shape index (κ2) is 9.43. The standard InChI is InChI=1S/C18H21O4P/c1-2-3-14-20-23(19,21-15-17-10-6-4-7-11-17)22-16-18-12-8-5-9-13-18/h2-13H,14-16H2,1H3/b3-2-. The fraction of sp³-hybridized carbons (Fsp3) is 0.222. The molecule has 0 N–H and O–H groups in total. The van der Waals surface area contributed by atoms with E-state index in [1.807, 2.05) is 73.7 Å². The molecule has 2 aromatic rings. The van der Waals surface area contributed by atoms with Gasteiger partial charge >= 0.3 is 7.82 Å². The summed E-state index contributed by atoms with van der Waals surface area (Å²) in [5.41, 5.74) is 1.82. The van der Waals surface area contributed by atoms with Crippen LogP contribution in [0.2, 0.25) is 0 Å². The van der Waals surface area contributed by atoms with E-state index in [9.17, 15) is 4.57 Å². The van der Waals surface area contributed by atoms with Crippen molar-refractivity contribution < 1.29 is 18.1 Å². The van der Waals surface area contributed by atoms with Gasteiger partial charge in [0, 0.05) is 0 Å². The van der Waals surface area contributed by atoms with Gasteiger partial charge in [-0.2, -0.15) is 0 Å². The number of allylic oxidation sites excluding steroid dienone is 1. The van der Waals surface area contributed by atoms with Gasteiger partial charge in [0.05, 0.1) is 19.8 Å². The molecule has 0 spiro atoms. The minimum Gasteiger partial charge on any atom is -0.283 e. The van der Waals surface area contributed by atoms with E-state index in [4.69, 9.17) is 13.6 Å². The van der Waals surface area contributed by atoms with Gasteiger partial charge in [-0.05, 0) is 18.1 Å². The molecule has 0 unspecified atom stereocenters. The van der Waals surface area contributed by atoms with Crippen LogP contribution in [0.25, 0.3) is 0 Å². The summed E-state index contributed by atoms with van der Waals surface area (Å²) < 4.78 is 29.0. The second-order valence-corrected chi connectivity index (χ2v) is 6.50. The van der Waals surface area contributed by atoms with Gasteiger partial charge in [-0.1, -0.05) is 72.8 Å². The summed E-state index contributed by atoms with van der Waals surface area (Å²) in [6.07, 6.45) is 3.57. The molecule has 23 heavy (non-hydrogen) atoms. The summed E-state index contributed by atoms with van der Waals surface area (Å²) in [5.74, 6) is 0. The van der Waals surface area contributed by atoms with E-state index in [0.717, 1.165) is 11.1 Å². The summed E-state index contributed by atoms with van der Waals surface area (Å²) in [4.78, 5) is 0. The van der Waals surface area contributed by atoms with Crippen molar-refractivity contribution >= 4 is 7.82 Å². The summed E-state index contributed by atoms with van der Waals surface area (Å²) >= 11 is 0. The average molecular weight is 332 g/mol. The zero-order valence-corrected chi connectivity index (χ0v) is 14.0. The molecule has 0 saturated heterocycles. The number of hydrogen-bond donors (Lipinski definition) is 0. The maximum Gasteiger partial charge on any atom is 0.475 e. The molecule has 0 aliphatic heterocycles. The van der Waals surface area contributed by atoms with Gasteiger partial charge in [-0.15, -0.1) is 0 Å². The molecule has 0 heterocycles. The van der Waals surface area contributed by atoms with Crippen LogP contribution in [-0.4, -0.2) is 6.61 Å². The van der Waals surface area contributed by atoms with Crippen molar-refractivity contribution in [1.82, 2.24) is 0 Å². The maximum absolute atomic E-state index is 12.7. The summed E-state index contributed by atoms with van der Waals surface area (Å²) in [5, 5.41) is 0. The molecule has 0 aromatic heterocycles. The lowest BCUT2D eigenvalue weighted by Crippen LogP contribution is -2.01. The highest BCUT2D eigenvalue weighted by Gasteiger charge is 2.26. The van der Waals surface area contributed by atoms with Crippen LogP contribution in [-0.2, 0) is 31.4 Å². The Morgan fingerprint density at radius 1 is 0.826 bits per heavy atom. The highest BCUT2D eigenvalue weighted by atomic mass is 31.2. The van der Waals surface area contributed by atoms with Crippen molar-refractivity contribution in [3.05, 3.63) is 83.9 Å². The number of phosphoric acid groups is 1. The van der Waals surface area contributed by atoms with Crippen LogP contribution in [0.3, 0.4) is 0 Å². The summed E-state index contributed by atoms with van der Waals surface area (Å²) in [6.45, 7) is 2.38. The second-order valence-electron chi connectivity index (χ2n) is 4.83. The van der Waals surface area contributed by atoms with Crippen LogP contribution in [0.1, 0.15) is 18.1 Å². The van der Waals surface area contributed by atoms with Crippen molar-refractivity contribution in [2.75, 3.05) is 6.61 Å². The Morgan fingerprint density at radius 3 is 1.74 bits per heavy atom. The molecule has 2 aromatic carbocycles. The Morgan fingerprint density at radius 2 is 1.30 bits per heavy atom. The highest BCUT2D eigenvalue weighted by Crippen LogP contribution is 2.50. The largest absolute Gasteiger partial charge is 0.475 e. The first-order valence-corrected chi connectivity index (χ1v) is 8.90. The third kappa shape index (κ3) is 6.51. The molecule has 4 nitrogen and oxygen atoms in total. The first-order chi connectivity index (χ1) is 11.2. The average Bonchev–Trinajstić information content (AvgIpc) is 2.61.